The molecule has 0 aliphatic rings. The molecular weight excluding hydrogens is 190 g/mol. The summed E-state index contributed by atoms with van der Waals surface area (Å²) in [5.41, 5.74) is 0.579. The van der Waals surface area contributed by atoms with Crippen LogP contribution in [-0.4, -0.2) is 26.2 Å². The molecule has 0 saturated heterocycles. The van der Waals surface area contributed by atoms with E-state index in [-0.39, 0.29) is 5.97 Å². The Morgan fingerprint density at radius 1 is 1.69 bits per heavy atom. The molecule has 0 radical (unpaired) electrons. The normalized spacial score (nSPS) is 11.2. The molecule has 0 atom stereocenters. The van der Waals surface area contributed by atoms with Crippen LogP contribution >= 0.6 is 11.6 Å². The summed E-state index contributed by atoms with van der Waals surface area (Å²) in [6.45, 7) is 6.32. The van der Waals surface area contributed by atoms with Crippen LogP contribution in [0.15, 0.2) is 23.3 Å². The molecule has 0 fully saturated rings. The smallest absolute Gasteiger partial charge is 0.333 e. The minimum absolute atomic E-state index is 0.313. The van der Waals surface area contributed by atoms with E-state index in [1.54, 1.807) is 13.0 Å². The second kappa shape index (κ2) is 6.69. The van der Waals surface area contributed by atoms with E-state index in [1.807, 2.05) is 0 Å². The molecule has 0 aromatic rings. The van der Waals surface area contributed by atoms with Crippen molar-refractivity contribution < 1.29 is 9.53 Å². The maximum atomic E-state index is 10.9. The average molecular weight is 204 g/mol. The van der Waals surface area contributed by atoms with Crippen LogP contribution in [0.5, 0.6) is 0 Å². The lowest BCUT2D eigenvalue weighted by molar-refractivity contribution is -0.136. The second-order valence-corrected chi connectivity index (χ2v) is 3.06. The summed E-state index contributed by atoms with van der Waals surface area (Å²) in [5.74, 6) is -0.313. The van der Waals surface area contributed by atoms with Gasteiger partial charge in [0.05, 0.1) is 7.11 Å². The van der Waals surface area contributed by atoms with Crippen molar-refractivity contribution in [1.29, 1.82) is 0 Å². The minimum Gasteiger partial charge on any atom is -0.466 e. The lowest BCUT2D eigenvalue weighted by Crippen LogP contribution is -2.16. The van der Waals surface area contributed by atoms with Gasteiger partial charge in [-0.25, -0.2) is 4.79 Å². The number of carbonyl (C=O) groups is 1. The number of esters is 1. The molecule has 3 nitrogen and oxygen atoms in total. The predicted molar refractivity (Wildman–Crippen MR) is 53.6 cm³/mol. The van der Waals surface area contributed by atoms with E-state index in [0.717, 1.165) is 0 Å². The first kappa shape index (κ1) is 12.2. The average Bonchev–Trinajstić information content (AvgIpc) is 2.10. The zero-order chi connectivity index (χ0) is 10.3. The molecule has 0 saturated carbocycles. The van der Waals surface area contributed by atoms with Gasteiger partial charge in [-0.2, -0.15) is 0 Å². The highest BCUT2D eigenvalue weighted by molar-refractivity contribution is 6.29. The molecule has 0 amide bonds. The first-order valence-electron chi connectivity index (χ1n) is 3.87. The Hall–Kier alpha value is -0.800. The lowest BCUT2D eigenvalue weighted by atomic mass is 10.3. The molecule has 0 rings (SSSR count). The standard InChI is InChI=1S/C9H14ClNO2/c1-7(9(12)13-3)4-5-11-6-8(2)10/h4,11H,2,5-6H2,1,3H3. The molecule has 0 aliphatic carbocycles. The van der Waals surface area contributed by atoms with Crippen LogP contribution in [0, 0.1) is 0 Å². The third-order valence-electron chi connectivity index (χ3n) is 1.38. The topological polar surface area (TPSA) is 38.3 Å². The summed E-state index contributed by atoms with van der Waals surface area (Å²) < 4.78 is 4.51. The van der Waals surface area contributed by atoms with Crippen molar-refractivity contribution in [3.8, 4) is 0 Å². The quantitative estimate of drug-likeness (QED) is 0.418. The summed E-state index contributed by atoms with van der Waals surface area (Å²) in [4.78, 5) is 10.9. The fraction of sp³-hybridized carbons (Fsp3) is 0.444. The fourth-order valence-electron chi connectivity index (χ4n) is 0.677. The number of ether oxygens (including phenoxy) is 1. The summed E-state index contributed by atoms with van der Waals surface area (Å²) in [7, 11) is 1.35. The van der Waals surface area contributed by atoms with Crippen molar-refractivity contribution in [2.24, 2.45) is 0 Å². The Bertz CT molecular complexity index is 224. The van der Waals surface area contributed by atoms with Gasteiger partial charge in [0.1, 0.15) is 0 Å². The van der Waals surface area contributed by atoms with E-state index in [9.17, 15) is 4.79 Å². The van der Waals surface area contributed by atoms with E-state index in [2.05, 4.69) is 16.6 Å². The molecule has 0 unspecified atom stereocenters. The molecule has 0 spiro atoms. The van der Waals surface area contributed by atoms with Gasteiger partial charge in [0.25, 0.3) is 0 Å². The molecule has 1 N–H and O–H groups in total. The number of nitrogens with one attached hydrogen (secondary N) is 1. The number of halogens is 1. The van der Waals surface area contributed by atoms with E-state index < -0.39 is 0 Å². The van der Waals surface area contributed by atoms with Crippen molar-refractivity contribution in [2.75, 3.05) is 20.2 Å². The van der Waals surface area contributed by atoms with Gasteiger partial charge in [-0.3, -0.25) is 0 Å². The molecule has 0 aliphatic heterocycles. The first-order chi connectivity index (χ1) is 6.07. The molecule has 0 bridgehead atoms. The molecule has 0 heterocycles. The summed E-state index contributed by atoms with van der Waals surface area (Å²) >= 11 is 5.51. The highest BCUT2D eigenvalue weighted by Gasteiger charge is 2.00. The van der Waals surface area contributed by atoms with E-state index in [4.69, 9.17) is 11.6 Å². The Morgan fingerprint density at radius 2 is 2.31 bits per heavy atom. The van der Waals surface area contributed by atoms with Crippen LogP contribution in [0.3, 0.4) is 0 Å². The van der Waals surface area contributed by atoms with Crippen LogP contribution in [-0.2, 0) is 9.53 Å². The Kier molecular flexibility index (Phi) is 6.28. The SMILES string of the molecule is C=C(Cl)CNCC=C(C)C(=O)OC. The second-order valence-electron chi connectivity index (χ2n) is 2.53. The van der Waals surface area contributed by atoms with E-state index in [0.29, 0.717) is 23.7 Å². The summed E-state index contributed by atoms with van der Waals surface area (Å²) in [6, 6.07) is 0. The minimum atomic E-state index is -0.313. The Balaban J connectivity index is 3.71. The molecule has 74 valence electrons. The van der Waals surface area contributed by atoms with Crippen LogP contribution in [0.4, 0.5) is 0 Å². The van der Waals surface area contributed by atoms with Crippen LogP contribution in [0.25, 0.3) is 0 Å². The zero-order valence-corrected chi connectivity index (χ0v) is 8.65. The van der Waals surface area contributed by atoms with E-state index in [1.165, 1.54) is 7.11 Å². The molecule has 0 aromatic carbocycles. The van der Waals surface area contributed by atoms with Gasteiger partial charge in [0, 0.05) is 23.7 Å². The predicted octanol–water partition coefficient (Wildman–Crippen LogP) is 1.45. The Labute approximate surface area is 83.4 Å². The summed E-state index contributed by atoms with van der Waals surface area (Å²) in [5, 5.41) is 3.52. The van der Waals surface area contributed by atoms with Gasteiger partial charge >= 0.3 is 5.97 Å². The van der Waals surface area contributed by atoms with Crippen molar-refractivity contribution in [2.45, 2.75) is 6.92 Å². The fourth-order valence-corrected chi connectivity index (χ4v) is 0.772. The van der Waals surface area contributed by atoms with E-state index >= 15 is 0 Å². The number of hydrogen-bond acceptors (Lipinski definition) is 3. The van der Waals surface area contributed by atoms with Gasteiger partial charge in [-0.05, 0) is 6.92 Å². The van der Waals surface area contributed by atoms with Crippen molar-refractivity contribution in [1.82, 2.24) is 5.32 Å². The zero-order valence-electron chi connectivity index (χ0n) is 7.89. The van der Waals surface area contributed by atoms with Crippen molar-refractivity contribution in [3.05, 3.63) is 23.3 Å². The molecule has 0 aromatic heterocycles. The largest absolute Gasteiger partial charge is 0.466 e. The number of rotatable bonds is 5. The van der Waals surface area contributed by atoms with Crippen molar-refractivity contribution >= 4 is 17.6 Å². The van der Waals surface area contributed by atoms with Gasteiger partial charge in [-0.15, -0.1) is 0 Å². The first-order valence-corrected chi connectivity index (χ1v) is 4.24. The number of carbonyl (C=O) groups excluding carboxylic acids is 1. The highest BCUT2D eigenvalue weighted by Crippen LogP contribution is 1.95. The molecule has 13 heavy (non-hydrogen) atoms. The van der Waals surface area contributed by atoms with Gasteiger partial charge in [-0.1, -0.05) is 24.3 Å². The third kappa shape index (κ3) is 6.37. The summed E-state index contributed by atoms with van der Waals surface area (Å²) in [6.07, 6.45) is 1.74. The molecule has 4 heteroatoms. The lowest BCUT2D eigenvalue weighted by Gasteiger charge is -2.00. The van der Waals surface area contributed by atoms with Gasteiger partial charge in [0.15, 0.2) is 0 Å². The Morgan fingerprint density at radius 3 is 2.77 bits per heavy atom. The monoisotopic (exact) mass is 203 g/mol. The highest BCUT2D eigenvalue weighted by atomic mass is 35.5. The van der Waals surface area contributed by atoms with Crippen LogP contribution < -0.4 is 5.32 Å². The molecular formula is C9H14ClNO2. The van der Waals surface area contributed by atoms with Crippen LogP contribution in [0.1, 0.15) is 6.92 Å². The maximum absolute atomic E-state index is 10.9. The maximum Gasteiger partial charge on any atom is 0.333 e. The number of methoxy groups -OCH3 is 1. The van der Waals surface area contributed by atoms with Gasteiger partial charge in [0.2, 0.25) is 0 Å². The van der Waals surface area contributed by atoms with Crippen LogP contribution in [0.2, 0.25) is 0 Å². The van der Waals surface area contributed by atoms with Gasteiger partial charge < -0.3 is 10.1 Å². The third-order valence-corrected chi connectivity index (χ3v) is 1.51. The number of hydrogen-bond donors (Lipinski definition) is 1. The van der Waals surface area contributed by atoms with Crippen molar-refractivity contribution in [3.63, 3.8) is 0 Å².